The molecule has 0 atom stereocenters. The molecule has 0 bridgehead atoms. The molecule has 0 saturated heterocycles. The summed E-state index contributed by atoms with van der Waals surface area (Å²) in [5, 5.41) is 0.240. The Kier molecular flexibility index (Phi) is 4.56. The van der Waals surface area contributed by atoms with Crippen molar-refractivity contribution in [3.05, 3.63) is 77.0 Å². The van der Waals surface area contributed by atoms with Gasteiger partial charge in [0.2, 0.25) is 5.78 Å². The van der Waals surface area contributed by atoms with Crippen LogP contribution >= 0.6 is 11.6 Å². The van der Waals surface area contributed by atoms with Crippen LogP contribution in [0.3, 0.4) is 0 Å². The van der Waals surface area contributed by atoms with E-state index in [0.29, 0.717) is 0 Å². The molecule has 0 saturated carbocycles. The molecular weight excluding hydrogens is 317 g/mol. The molecule has 2 nitrogen and oxygen atoms in total. The second kappa shape index (κ2) is 6.23. The third kappa shape index (κ3) is 3.68. The third-order valence-corrected chi connectivity index (χ3v) is 3.12. The molecular formula is C16H10ClF3O2. The minimum absolute atomic E-state index is 0.0819. The maximum Gasteiger partial charge on any atom is 0.416 e. The molecule has 0 N–H and O–H groups in total. The summed E-state index contributed by atoms with van der Waals surface area (Å²) in [4.78, 5) is 12.1. The molecule has 0 aliphatic heterocycles. The first-order chi connectivity index (χ1) is 10.3. The van der Waals surface area contributed by atoms with Crippen molar-refractivity contribution in [3.8, 4) is 5.75 Å². The Morgan fingerprint density at radius 1 is 1.05 bits per heavy atom. The summed E-state index contributed by atoms with van der Waals surface area (Å²) in [5.74, 6) is -0.684. The highest BCUT2D eigenvalue weighted by molar-refractivity contribution is 6.34. The standard InChI is InChI=1S/C16H10ClF3O2/c1-10(15(21)13-4-2-3-5-14(13)17)22-12-8-6-11(7-9-12)16(18,19)20/h2-9H,1H2. The zero-order chi connectivity index (χ0) is 16.3. The number of carbonyl (C=O) groups is 1. The fourth-order valence-electron chi connectivity index (χ4n) is 1.70. The number of rotatable bonds is 4. The van der Waals surface area contributed by atoms with Gasteiger partial charge in [-0.05, 0) is 36.4 Å². The van der Waals surface area contributed by atoms with E-state index in [1.54, 1.807) is 18.2 Å². The highest BCUT2D eigenvalue weighted by atomic mass is 35.5. The Morgan fingerprint density at radius 3 is 2.18 bits per heavy atom. The maximum atomic E-state index is 12.4. The van der Waals surface area contributed by atoms with Gasteiger partial charge in [0.05, 0.1) is 10.6 Å². The molecule has 0 aromatic heterocycles. The Bertz CT molecular complexity index is 706. The highest BCUT2D eigenvalue weighted by Crippen LogP contribution is 2.30. The van der Waals surface area contributed by atoms with E-state index in [1.165, 1.54) is 6.07 Å². The largest absolute Gasteiger partial charge is 0.454 e. The molecule has 0 heterocycles. The second-order valence-corrected chi connectivity index (χ2v) is 4.76. The van der Waals surface area contributed by atoms with Crippen molar-refractivity contribution < 1.29 is 22.7 Å². The van der Waals surface area contributed by atoms with E-state index in [0.717, 1.165) is 24.3 Å². The number of allylic oxidation sites excluding steroid dienone is 1. The molecule has 6 heteroatoms. The molecule has 2 rings (SSSR count). The average molecular weight is 327 g/mol. The Hall–Kier alpha value is -2.27. The lowest BCUT2D eigenvalue weighted by molar-refractivity contribution is -0.137. The number of ketones is 1. The first kappa shape index (κ1) is 16.1. The van der Waals surface area contributed by atoms with Crippen LogP contribution in [0.2, 0.25) is 5.02 Å². The highest BCUT2D eigenvalue weighted by Gasteiger charge is 2.30. The molecule has 0 spiro atoms. The van der Waals surface area contributed by atoms with E-state index >= 15 is 0 Å². The average Bonchev–Trinajstić information content (AvgIpc) is 2.46. The van der Waals surface area contributed by atoms with Gasteiger partial charge >= 0.3 is 6.18 Å². The zero-order valence-electron chi connectivity index (χ0n) is 11.2. The van der Waals surface area contributed by atoms with Crippen molar-refractivity contribution >= 4 is 17.4 Å². The molecule has 2 aromatic carbocycles. The van der Waals surface area contributed by atoms with Crippen molar-refractivity contribution in [1.82, 2.24) is 0 Å². The number of benzene rings is 2. The van der Waals surface area contributed by atoms with Gasteiger partial charge in [0.15, 0.2) is 5.76 Å². The van der Waals surface area contributed by atoms with Gasteiger partial charge in [0, 0.05) is 5.56 Å². The summed E-state index contributed by atoms with van der Waals surface area (Å²) in [5.41, 5.74) is -0.594. The summed E-state index contributed by atoms with van der Waals surface area (Å²) in [7, 11) is 0. The van der Waals surface area contributed by atoms with Gasteiger partial charge in [-0.1, -0.05) is 30.3 Å². The smallest absolute Gasteiger partial charge is 0.416 e. The van der Waals surface area contributed by atoms with Gasteiger partial charge in [-0.15, -0.1) is 0 Å². The summed E-state index contributed by atoms with van der Waals surface area (Å²) >= 11 is 5.89. The fraction of sp³-hybridized carbons (Fsp3) is 0.0625. The lowest BCUT2D eigenvalue weighted by Crippen LogP contribution is -2.09. The number of hydrogen-bond acceptors (Lipinski definition) is 2. The van der Waals surface area contributed by atoms with Crippen LogP contribution in [0.25, 0.3) is 0 Å². The van der Waals surface area contributed by atoms with Crippen LogP contribution in [0.4, 0.5) is 13.2 Å². The molecule has 0 fully saturated rings. The van der Waals surface area contributed by atoms with E-state index in [4.69, 9.17) is 16.3 Å². The lowest BCUT2D eigenvalue weighted by Gasteiger charge is -2.10. The van der Waals surface area contributed by atoms with Gasteiger partial charge in [0.25, 0.3) is 0 Å². The molecule has 0 aliphatic rings. The molecule has 114 valence electrons. The van der Waals surface area contributed by atoms with E-state index in [1.807, 2.05) is 0 Å². The predicted octanol–water partition coefficient (Wildman–Crippen LogP) is 5.13. The molecule has 0 amide bonds. The summed E-state index contributed by atoms with van der Waals surface area (Å²) < 4.78 is 42.5. The molecule has 0 unspecified atom stereocenters. The van der Waals surface area contributed by atoms with E-state index < -0.39 is 17.5 Å². The van der Waals surface area contributed by atoms with Crippen LogP contribution in [-0.2, 0) is 6.18 Å². The van der Waals surface area contributed by atoms with E-state index in [2.05, 4.69) is 6.58 Å². The molecule has 2 aromatic rings. The molecule has 0 aliphatic carbocycles. The van der Waals surface area contributed by atoms with Crippen molar-refractivity contribution in [1.29, 1.82) is 0 Å². The quantitative estimate of drug-likeness (QED) is 0.442. The molecule has 22 heavy (non-hydrogen) atoms. The maximum absolute atomic E-state index is 12.4. The minimum Gasteiger partial charge on any atom is -0.454 e. The van der Waals surface area contributed by atoms with Gasteiger partial charge in [-0.2, -0.15) is 13.2 Å². The Balaban J connectivity index is 2.12. The van der Waals surface area contributed by atoms with Gasteiger partial charge in [-0.25, -0.2) is 0 Å². The van der Waals surface area contributed by atoms with Crippen LogP contribution in [0.1, 0.15) is 15.9 Å². The zero-order valence-corrected chi connectivity index (χ0v) is 11.9. The number of Topliss-reactive ketones (excluding diaryl/α,β-unsaturated/α-hetero) is 1. The summed E-state index contributed by atoms with van der Waals surface area (Å²) in [6.45, 7) is 3.49. The van der Waals surface area contributed by atoms with E-state index in [-0.39, 0.29) is 22.1 Å². The Morgan fingerprint density at radius 2 is 1.64 bits per heavy atom. The van der Waals surface area contributed by atoms with Crippen LogP contribution in [-0.4, -0.2) is 5.78 Å². The molecule has 0 radical (unpaired) electrons. The van der Waals surface area contributed by atoms with Gasteiger partial charge < -0.3 is 4.74 Å². The SMILES string of the molecule is C=C(Oc1ccc(C(F)(F)F)cc1)C(=O)c1ccccc1Cl. The van der Waals surface area contributed by atoms with Gasteiger partial charge in [0.1, 0.15) is 5.75 Å². The number of halogens is 4. The van der Waals surface area contributed by atoms with Crippen LogP contribution in [0.5, 0.6) is 5.75 Å². The first-order valence-corrected chi connectivity index (χ1v) is 6.50. The second-order valence-electron chi connectivity index (χ2n) is 4.36. The number of carbonyl (C=O) groups excluding carboxylic acids is 1. The van der Waals surface area contributed by atoms with Crippen molar-refractivity contribution in [2.45, 2.75) is 6.18 Å². The Labute approximate surface area is 129 Å². The summed E-state index contributed by atoms with van der Waals surface area (Å²) in [6.07, 6.45) is -4.43. The number of hydrogen-bond donors (Lipinski definition) is 0. The fourth-order valence-corrected chi connectivity index (χ4v) is 1.92. The van der Waals surface area contributed by atoms with Crippen molar-refractivity contribution in [3.63, 3.8) is 0 Å². The topological polar surface area (TPSA) is 26.3 Å². The monoisotopic (exact) mass is 326 g/mol. The number of ether oxygens (including phenoxy) is 1. The number of alkyl halides is 3. The van der Waals surface area contributed by atoms with Crippen molar-refractivity contribution in [2.24, 2.45) is 0 Å². The normalized spacial score (nSPS) is 11.1. The van der Waals surface area contributed by atoms with Gasteiger partial charge in [-0.3, -0.25) is 4.79 Å². The first-order valence-electron chi connectivity index (χ1n) is 6.12. The lowest BCUT2D eigenvalue weighted by atomic mass is 10.1. The summed E-state index contributed by atoms with van der Waals surface area (Å²) in [6, 6.07) is 10.3. The van der Waals surface area contributed by atoms with Crippen LogP contribution in [0, 0.1) is 0 Å². The van der Waals surface area contributed by atoms with Crippen LogP contribution < -0.4 is 4.74 Å². The van der Waals surface area contributed by atoms with E-state index in [9.17, 15) is 18.0 Å². The third-order valence-electron chi connectivity index (χ3n) is 2.79. The van der Waals surface area contributed by atoms with Crippen molar-refractivity contribution in [2.75, 3.05) is 0 Å². The predicted molar refractivity (Wildman–Crippen MR) is 77.0 cm³/mol. The van der Waals surface area contributed by atoms with Crippen LogP contribution in [0.15, 0.2) is 60.9 Å². The minimum atomic E-state index is -4.43.